The maximum Gasteiger partial charge on any atom is 0.0122 e. The van der Waals surface area contributed by atoms with Gasteiger partial charge >= 0.3 is 0 Å². The molecule has 0 heterocycles. The van der Waals surface area contributed by atoms with Crippen molar-refractivity contribution in [2.24, 2.45) is 0 Å². The Bertz CT molecular complexity index is 444. The van der Waals surface area contributed by atoms with Crippen LogP contribution in [0.1, 0.15) is 42.0 Å². The molecule has 2 heteroatoms. The zero-order chi connectivity index (χ0) is 16.1. The number of thioether (sulfide) groups is 2. The molecule has 0 nitrogen and oxygen atoms in total. The molecule has 22 heavy (non-hydrogen) atoms. The van der Waals surface area contributed by atoms with Gasteiger partial charge < -0.3 is 0 Å². The highest BCUT2D eigenvalue weighted by Crippen LogP contribution is 2.31. The molecule has 0 aliphatic carbocycles. The molecule has 0 saturated heterocycles. The van der Waals surface area contributed by atoms with Gasteiger partial charge in [-0.3, -0.25) is 0 Å². The Morgan fingerprint density at radius 1 is 0.682 bits per heavy atom. The number of benzene rings is 2. The van der Waals surface area contributed by atoms with Crippen LogP contribution < -0.4 is 0 Å². The summed E-state index contributed by atoms with van der Waals surface area (Å²) in [5.74, 6) is 0. The van der Waals surface area contributed by atoms with Gasteiger partial charge in [0.15, 0.2) is 0 Å². The molecule has 0 saturated carbocycles. The van der Waals surface area contributed by atoms with E-state index in [1.807, 2.05) is 49.9 Å². The highest BCUT2D eigenvalue weighted by molar-refractivity contribution is 8.00. The van der Waals surface area contributed by atoms with Crippen LogP contribution in [0.4, 0.5) is 0 Å². The van der Waals surface area contributed by atoms with Crippen molar-refractivity contribution in [3.63, 3.8) is 0 Å². The Morgan fingerprint density at radius 2 is 1.05 bits per heavy atom. The van der Waals surface area contributed by atoms with E-state index in [1.165, 1.54) is 9.79 Å². The van der Waals surface area contributed by atoms with Crippen LogP contribution in [-0.4, -0.2) is 11.0 Å². The van der Waals surface area contributed by atoms with Crippen molar-refractivity contribution >= 4 is 23.5 Å². The maximum absolute atomic E-state index is 2.23. The SMILES string of the molecule is C.CC.CC(C)(C)Sc1ccccc1.CSc1ccccc1. The van der Waals surface area contributed by atoms with Gasteiger partial charge in [0.1, 0.15) is 0 Å². The lowest BCUT2D eigenvalue weighted by atomic mass is 10.3. The molecule has 0 aliphatic rings. The zero-order valence-corrected chi connectivity index (χ0v) is 15.7. The molecule has 124 valence electrons. The molecule has 0 amide bonds. The van der Waals surface area contributed by atoms with Gasteiger partial charge in [0.2, 0.25) is 0 Å². The third-order valence-electron chi connectivity index (χ3n) is 2.15. The van der Waals surface area contributed by atoms with E-state index in [0.717, 1.165) is 0 Å². The first-order chi connectivity index (χ1) is 10.0. The van der Waals surface area contributed by atoms with E-state index in [4.69, 9.17) is 0 Å². The highest BCUT2D eigenvalue weighted by atomic mass is 32.2. The van der Waals surface area contributed by atoms with E-state index >= 15 is 0 Å². The van der Waals surface area contributed by atoms with Gasteiger partial charge in [0, 0.05) is 14.5 Å². The van der Waals surface area contributed by atoms with Gasteiger partial charge in [-0.2, -0.15) is 0 Å². The molecular formula is C20H32S2. The van der Waals surface area contributed by atoms with E-state index in [-0.39, 0.29) is 7.43 Å². The standard InChI is InChI=1S/C10H14S.C7H8S.C2H6.CH4/c1-10(2,3)11-9-7-5-4-6-8-9;1-8-7-5-3-2-4-6-7;1-2;/h4-8H,1-3H3;2-6H,1H3;1-2H3;1H4. The number of hydrogen-bond acceptors (Lipinski definition) is 2. The van der Waals surface area contributed by atoms with Crippen molar-refractivity contribution < 1.29 is 0 Å². The van der Waals surface area contributed by atoms with E-state index in [2.05, 4.69) is 63.4 Å². The fourth-order valence-electron chi connectivity index (χ4n) is 1.40. The fourth-order valence-corrected chi connectivity index (χ4v) is 2.83. The van der Waals surface area contributed by atoms with Crippen LogP contribution in [-0.2, 0) is 0 Å². The summed E-state index contributed by atoms with van der Waals surface area (Å²) in [5.41, 5.74) is 0. The number of rotatable bonds is 2. The molecule has 0 bridgehead atoms. The summed E-state index contributed by atoms with van der Waals surface area (Å²) in [6.45, 7) is 10.7. The second-order valence-electron chi connectivity index (χ2n) is 5.04. The van der Waals surface area contributed by atoms with Crippen LogP contribution in [0, 0.1) is 0 Å². The Balaban J connectivity index is 0. The average molecular weight is 337 g/mol. The van der Waals surface area contributed by atoms with Crippen LogP contribution >= 0.6 is 23.5 Å². The molecule has 0 fully saturated rings. The van der Waals surface area contributed by atoms with Crippen molar-refractivity contribution in [1.82, 2.24) is 0 Å². The lowest BCUT2D eigenvalue weighted by molar-refractivity contribution is 0.803. The fraction of sp³-hybridized carbons (Fsp3) is 0.400. The van der Waals surface area contributed by atoms with Gasteiger partial charge in [-0.25, -0.2) is 0 Å². The van der Waals surface area contributed by atoms with E-state index in [1.54, 1.807) is 11.8 Å². The van der Waals surface area contributed by atoms with E-state index < -0.39 is 0 Å². The molecular weight excluding hydrogens is 304 g/mol. The molecule has 2 rings (SSSR count). The van der Waals surface area contributed by atoms with Gasteiger partial charge in [0.05, 0.1) is 0 Å². The van der Waals surface area contributed by atoms with Crippen molar-refractivity contribution in [3.05, 3.63) is 60.7 Å². The lowest BCUT2D eigenvalue weighted by Crippen LogP contribution is -2.06. The van der Waals surface area contributed by atoms with Crippen LogP contribution in [0.2, 0.25) is 0 Å². The van der Waals surface area contributed by atoms with Crippen molar-refractivity contribution in [1.29, 1.82) is 0 Å². The first-order valence-electron chi connectivity index (χ1n) is 7.34. The smallest absolute Gasteiger partial charge is 0.0122 e. The predicted octanol–water partition coefficient (Wildman–Crippen LogP) is 7.65. The summed E-state index contributed by atoms with van der Waals surface area (Å²) in [4.78, 5) is 2.67. The van der Waals surface area contributed by atoms with E-state index in [9.17, 15) is 0 Å². The predicted molar refractivity (Wildman–Crippen MR) is 108 cm³/mol. The molecule has 0 N–H and O–H groups in total. The Morgan fingerprint density at radius 3 is 1.32 bits per heavy atom. The van der Waals surface area contributed by atoms with Crippen LogP contribution in [0.15, 0.2) is 70.5 Å². The molecule has 0 atom stereocenters. The first-order valence-corrected chi connectivity index (χ1v) is 9.38. The largest absolute Gasteiger partial charge is 0.130 e. The molecule has 0 unspecified atom stereocenters. The molecule has 2 aromatic carbocycles. The summed E-state index contributed by atoms with van der Waals surface area (Å²) >= 11 is 3.67. The lowest BCUT2D eigenvalue weighted by Gasteiger charge is -2.16. The minimum Gasteiger partial charge on any atom is -0.130 e. The molecule has 0 aromatic heterocycles. The summed E-state index contributed by atoms with van der Waals surface area (Å²) in [5, 5.41) is 0. The van der Waals surface area contributed by atoms with Crippen LogP contribution in [0.3, 0.4) is 0 Å². The second-order valence-corrected chi connectivity index (χ2v) is 7.82. The maximum atomic E-state index is 2.23. The van der Waals surface area contributed by atoms with Crippen molar-refractivity contribution in [3.8, 4) is 0 Å². The normalized spacial score (nSPS) is 9.36. The summed E-state index contributed by atoms with van der Waals surface area (Å²) < 4.78 is 0.321. The monoisotopic (exact) mass is 336 g/mol. The van der Waals surface area contributed by atoms with Crippen LogP contribution in [0.25, 0.3) is 0 Å². The van der Waals surface area contributed by atoms with Crippen molar-refractivity contribution in [2.45, 2.75) is 56.6 Å². The third kappa shape index (κ3) is 12.8. The average Bonchev–Trinajstić information content (AvgIpc) is 2.50. The Hall–Kier alpha value is -0.860. The van der Waals surface area contributed by atoms with Crippen LogP contribution in [0.5, 0.6) is 0 Å². The van der Waals surface area contributed by atoms with Gasteiger partial charge in [-0.05, 0) is 30.5 Å². The van der Waals surface area contributed by atoms with Gasteiger partial charge in [0.25, 0.3) is 0 Å². The summed E-state index contributed by atoms with van der Waals surface area (Å²) in [6, 6.07) is 20.8. The second kappa shape index (κ2) is 13.8. The minimum absolute atomic E-state index is 0. The summed E-state index contributed by atoms with van der Waals surface area (Å²) in [7, 11) is 0. The minimum atomic E-state index is 0. The highest BCUT2D eigenvalue weighted by Gasteiger charge is 2.10. The van der Waals surface area contributed by atoms with Gasteiger partial charge in [-0.15, -0.1) is 23.5 Å². The molecule has 2 aromatic rings. The zero-order valence-electron chi connectivity index (χ0n) is 14.1. The Kier molecular flexibility index (Phi) is 14.7. The van der Waals surface area contributed by atoms with Gasteiger partial charge in [-0.1, -0.05) is 78.4 Å². The quantitative estimate of drug-likeness (QED) is 0.516. The van der Waals surface area contributed by atoms with Crippen molar-refractivity contribution in [2.75, 3.05) is 6.26 Å². The number of hydrogen-bond donors (Lipinski definition) is 0. The Labute approximate surface area is 147 Å². The molecule has 0 aliphatic heterocycles. The van der Waals surface area contributed by atoms with E-state index in [0.29, 0.717) is 4.75 Å². The topological polar surface area (TPSA) is 0 Å². The third-order valence-corrected chi connectivity index (χ3v) is 4.01. The summed E-state index contributed by atoms with van der Waals surface area (Å²) in [6.07, 6.45) is 2.08. The molecule has 0 radical (unpaired) electrons. The first kappa shape index (κ1) is 23.4. The molecule has 0 spiro atoms.